The number of pyridine rings is 1. The van der Waals surface area contributed by atoms with Crippen molar-refractivity contribution in [3.8, 4) is 0 Å². The number of rotatable bonds is 4. The molecule has 7 heteroatoms. The SMILES string of the molecule is CC(C)(CNC(=O)c1ccc(Cl)nc1Cl)C(N)=O. The number of carbonyl (C=O) groups excluding carboxylic acids is 2. The monoisotopic (exact) mass is 289 g/mol. The van der Waals surface area contributed by atoms with Crippen LogP contribution in [0.15, 0.2) is 12.1 Å². The number of primary amides is 1. The molecular weight excluding hydrogens is 277 g/mol. The van der Waals surface area contributed by atoms with Crippen LogP contribution in [-0.2, 0) is 4.79 Å². The van der Waals surface area contributed by atoms with Gasteiger partial charge in [0.2, 0.25) is 5.91 Å². The molecule has 5 nitrogen and oxygen atoms in total. The second-order valence-electron chi connectivity index (χ2n) is 4.40. The van der Waals surface area contributed by atoms with E-state index in [0.717, 1.165) is 0 Å². The Balaban J connectivity index is 2.75. The summed E-state index contributed by atoms with van der Waals surface area (Å²) in [6, 6.07) is 2.92. The number of carbonyl (C=O) groups is 2. The fraction of sp³-hybridized carbons (Fsp3) is 0.364. The molecule has 0 unspecified atom stereocenters. The maximum absolute atomic E-state index is 11.8. The van der Waals surface area contributed by atoms with Crippen molar-refractivity contribution in [1.82, 2.24) is 10.3 Å². The van der Waals surface area contributed by atoms with E-state index in [4.69, 9.17) is 28.9 Å². The number of nitrogens with zero attached hydrogens (tertiary/aromatic N) is 1. The maximum Gasteiger partial charge on any atom is 0.254 e. The topological polar surface area (TPSA) is 85.1 Å². The molecule has 1 aromatic rings. The lowest BCUT2D eigenvalue weighted by molar-refractivity contribution is -0.125. The molecule has 0 spiro atoms. The van der Waals surface area contributed by atoms with Crippen LogP contribution >= 0.6 is 23.2 Å². The van der Waals surface area contributed by atoms with Crippen LogP contribution in [0, 0.1) is 5.41 Å². The Morgan fingerprint density at radius 3 is 2.50 bits per heavy atom. The van der Waals surface area contributed by atoms with Gasteiger partial charge in [0.15, 0.2) is 0 Å². The summed E-state index contributed by atoms with van der Waals surface area (Å²) in [5, 5.41) is 2.79. The van der Waals surface area contributed by atoms with Gasteiger partial charge in [-0.05, 0) is 26.0 Å². The molecule has 1 rings (SSSR count). The first-order chi connectivity index (χ1) is 8.24. The third kappa shape index (κ3) is 3.58. The van der Waals surface area contributed by atoms with Crippen LogP contribution < -0.4 is 11.1 Å². The Hall–Kier alpha value is -1.33. The van der Waals surface area contributed by atoms with Crippen LogP contribution in [0.4, 0.5) is 0 Å². The van der Waals surface area contributed by atoms with E-state index in [0.29, 0.717) is 0 Å². The Kier molecular flexibility index (Phi) is 4.53. The normalized spacial score (nSPS) is 11.1. The molecule has 0 aliphatic heterocycles. The molecule has 0 atom stereocenters. The largest absolute Gasteiger partial charge is 0.369 e. The van der Waals surface area contributed by atoms with Crippen LogP contribution in [0.2, 0.25) is 10.3 Å². The van der Waals surface area contributed by atoms with Gasteiger partial charge in [-0.15, -0.1) is 0 Å². The molecule has 2 amide bonds. The van der Waals surface area contributed by atoms with Crippen molar-refractivity contribution in [2.75, 3.05) is 6.54 Å². The van der Waals surface area contributed by atoms with Gasteiger partial charge in [0.25, 0.3) is 5.91 Å². The molecule has 1 heterocycles. The Morgan fingerprint density at radius 1 is 1.39 bits per heavy atom. The van der Waals surface area contributed by atoms with Crippen LogP contribution in [-0.4, -0.2) is 23.3 Å². The van der Waals surface area contributed by atoms with Crippen LogP contribution in [0.25, 0.3) is 0 Å². The average Bonchev–Trinajstić information content (AvgIpc) is 2.25. The quantitative estimate of drug-likeness (QED) is 0.826. The molecule has 0 saturated heterocycles. The van der Waals surface area contributed by atoms with E-state index >= 15 is 0 Å². The lowest BCUT2D eigenvalue weighted by Crippen LogP contribution is -2.42. The summed E-state index contributed by atoms with van der Waals surface area (Å²) in [7, 11) is 0. The fourth-order valence-corrected chi connectivity index (χ4v) is 1.50. The summed E-state index contributed by atoms with van der Waals surface area (Å²) in [6.45, 7) is 3.38. The Labute approximate surface area is 115 Å². The third-order valence-corrected chi connectivity index (χ3v) is 2.92. The summed E-state index contributed by atoms with van der Waals surface area (Å²) in [5.74, 6) is -0.929. The molecule has 0 saturated carbocycles. The maximum atomic E-state index is 11.8. The number of halogens is 2. The van der Waals surface area contributed by atoms with Gasteiger partial charge in [0.05, 0.1) is 11.0 Å². The molecule has 0 fully saturated rings. The van der Waals surface area contributed by atoms with Crippen molar-refractivity contribution in [2.24, 2.45) is 11.1 Å². The molecular formula is C11H13Cl2N3O2. The van der Waals surface area contributed by atoms with E-state index in [1.807, 2.05) is 0 Å². The summed E-state index contributed by atoms with van der Waals surface area (Å²) in [6.07, 6.45) is 0. The van der Waals surface area contributed by atoms with Crippen molar-refractivity contribution in [1.29, 1.82) is 0 Å². The van der Waals surface area contributed by atoms with Gasteiger partial charge in [-0.3, -0.25) is 9.59 Å². The summed E-state index contributed by atoms with van der Waals surface area (Å²) in [4.78, 5) is 26.7. The average molecular weight is 290 g/mol. The summed E-state index contributed by atoms with van der Waals surface area (Å²) in [5.41, 5.74) is 4.56. The zero-order valence-electron chi connectivity index (χ0n) is 9.96. The highest BCUT2D eigenvalue weighted by atomic mass is 35.5. The van der Waals surface area contributed by atoms with Crippen LogP contribution in [0.3, 0.4) is 0 Å². The van der Waals surface area contributed by atoms with Crippen LogP contribution in [0.1, 0.15) is 24.2 Å². The van der Waals surface area contributed by atoms with Gasteiger partial charge in [-0.25, -0.2) is 4.98 Å². The first-order valence-corrected chi connectivity index (χ1v) is 5.90. The highest BCUT2D eigenvalue weighted by molar-refractivity contribution is 6.34. The summed E-state index contributed by atoms with van der Waals surface area (Å²) < 4.78 is 0. The van der Waals surface area contributed by atoms with E-state index in [9.17, 15) is 9.59 Å². The number of hydrogen-bond acceptors (Lipinski definition) is 3. The Bertz CT molecular complexity index is 489. The first kappa shape index (κ1) is 14.7. The van der Waals surface area contributed by atoms with Crippen LogP contribution in [0.5, 0.6) is 0 Å². The van der Waals surface area contributed by atoms with Crippen molar-refractivity contribution < 1.29 is 9.59 Å². The first-order valence-electron chi connectivity index (χ1n) is 5.14. The highest BCUT2D eigenvalue weighted by Crippen LogP contribution is 2.17. The predicted octanol–water partition coefficient (Wildman–Crippen LogP) is 1.63. The van der Waals surface area contributed by atoms with Gasteiger partial charge in [-0.1, -0.05) is 23.2 Å². The minimum atomic E-state index is -0.831. The van der Waals surface area contributed by atoms with E-state index in [-0.39, 0.29) is 22.4 Å². The highest BCUT2D eigenvalue weighted by Gasteiger charge is 2.26. The number of nitrogens with two attached hydrogens (primary N) is 1. The second kappa shape index (κ2) is 5.54. The summed E-state index contributed by atoms with van der Waals surface area (Å²) >= 11 is 11.4. The van der Waals surface area contributed by atoms with E-state index in [1.165, 1.54) is 12.1 Å². The molecule has 0 radical (unpaired) electrons. The molecule has 0 aromatic carbocycles. The number of amides is 2. The molecule has 0 aliphatic carbocycles. The molecule has 1 aromatic heterocycles. The second-order valence-corrected chi connectivity index (χ2v) is 5.15. The molecule has 0 aliphatic rings. The van der Waals surface area contributed by atoms with Crippen molar-refractivity contribution >= 4 is 35.0 Å². The molecule has 98 valence electrons. The van der Waals surface area contributed by atoms with E-state index in [1.54, 1.807) is 13.8 Å². The fourth-order valence-electron chi connectivity index (χ4n) is 1.07. The van der Waals surface area contributed by atoms with Crippen molar-refractivity contribution in [3.05, 3.63) is 28.0 Å². The zero-order chi connectivity index (χ0) is 13.9. The van der Waals surface area contributed by atoms with E-state index < -0.39 is 17.2 Å². The number of aromatic nitrogens is 1. The lowest BCUT2D eigenvalue weighted by Gasteiger charge is -2.20. The van der Waals surface area contributed by atoms with E-state index in [2.05, 4.69) is 10.3 Å². The van der Waals surface area contributed by atoms with Crippen molar-refractivity contribution in [2.45, 2.75) is 13.8 Å². The molecule has 3 N–H and O–H groups in total. The number of nitrogens with one attached hydrogen (secondary N) is 1. The third-order valence-electron chi connectivity index (χ3n) is 2.42. The minimum absolute atomic E-state index is 0.0110. The van der Waals surface area contributed by atoms with Crippen molar-refractivity contribution in [3.63, 3.8) is 0 Å². The van der Waals surface area contributed by atoms with Gasteiger partial charge in [-0.2, -0.15) is 0 Å². The standard InChI is InChI=1S/C11H13Cl2N3O2/c1-11(2,10(14)18)5-15-9(17)6-3-4-7(12)16-8(6)13/h3-4H,5H2,1-2H3,(H2,14,18)(H,15,17). The van der Waals surface area contributed by atoms with Gasteiger partial charge < -0.3 is 11.1 Å². The minimum Gasteiger partial charge on any atom is -0.369 e. The molecule has 18 heavy (non-hydrogen) atoms. The zero-order valence-corrected chi connectivity index (χ0v) is 11.5. The Morgan fingerprint density at radius 2 is 2.00 bits per heavy atom. The smallest absolute Gasteiger partial charge is 0.254 e. The lowest BCUT2D eigenvalue weighted by atomic mass is 9.93. The number of hydrogen-bond donors (Lipinski definition) is 2. The van der Waals surface area contributed by atoms with Gasteiger partial charge in [0.1, 0.15) is 10.3 Å². The molecule has 0 bridgehead atoms. The van der Waals surface area contributed by atoms with Gasteiger partial charge >= 0.3 is 0 Å². The predicted molar refractivity (Wildman–Crippen MR) is 69.6 cm³/mol. The van der Waals surface area contributed by atoms with Gasteiger partial charge in [0, 0.05) is 6.54 Å².